The Hall–Kier alpha value is -1.63. The minimum absolute atomic E-state index is 0.0418. The summed E-state index contributed by atoms with van der Waals surface area (Å²) in [5.41, 5.74) is 6.35. The van der Waals surface area contributed by atoms with Gasteiger partial charge in [0.05, 0.1) is 4.92 Å². The van der Waals surface area contributed by atoms with Crippen LogP contribution in [0.1, 0.15) is 44.7 Å². The molecular weight excluding hydrogens is 270 g/mol. The van der Waals surface area contributed by atoms with Gasteiger partial charge in [0.1, 0.15) is 5.69 Å². The number of hydrogen-bond acceptors (Lipinski definition) is 5. The lowest BCUT2D eigenvalue weighted by Crippen LogP contribution is -2.35. The number of aryl methyl sites for hydroxylation is 1. The summed E-state index contributed by atoms with van der Waals surface area (Å²) in [5, 5.41) is 15.9. The first kappa shape index (κ1) is 15.8. The lowest BCUT2D eigenvalue weighted by Gasteiger charge is -2.32. The molecule has 1 aromatic rings. The fraction of sp³-hybridized carbons (Fsp3) is 0.786. The molecule has 0 aromatic carbocycles. The SMILES string of the molecule is CC(C)c1nn(C)c(N2CCC(CCN)CC2)c1[N+](=O)[O-]. The summed E-state index contributed by atoms with van der Waals surface area (Å²) in [6, 6.07) is 0. The summed E-state index contributed by atoms with van der Waals surface area (Å²) in [4.78, 5) is 13.3. The van der Waals surface area contributed by atoms with E-state index in [4.69, 9.17) is 5.73 Å². The average Bonchev–Trinajstić information content (AvgIpc) is 2.78. The Balaban J connectivity index is 2.26. The standard InChI is InChI=1S/C14H25N5O2/c1-10(2)12-13(19(20)21)14(17(3)16-12)18-8-5-11(4-7-15)6-9-18/h10-11H,4-9,15H2,1-3H3. The molecule has 2 heterocycles. The van der Waals surface area contributed by atoms with Crippen molar-refractivity contribution >= 4 is 11.5 Å². The van der Waals surface area contributed by atoms with E-state index in [0.717, 1.165) is 32.4 Å². The summed E-state index contributed by atoms with van der Waals surface area (Å²) < 4.78 is 1.66. The van der Waals surface area contributed by atoms with E-state index >= 15 is 0 Å². The van der Waals surface area contributed by atoms with Crippen LogP contribution in [-0.4, -0.2) is 34.3 Å². The van der Waals surface area contributed by atoms with Gasteiger partial charge in [0.15, 0.2) is 0 Å². The van der Waals surface area contributed by atoms with E-state index in [1.807, 2.05) is 13.8 Å². The predicted octanol–water partition coefficient (Wildman–Crippen LogP) is 2.02. The molecule has 2 rings (SSSR count). The second kappa shape index (κ2) is 6.43. The minimum Gasteiger partial charge on any atom is -0.351 e. The highest BCUT2D eigenvalue weighted by Gasteiger charge is 2.33. The molecule has 0 radical (unpaired) electrons. The lowest BCUT2D eigenvalue weighted by atomic mass is 9.93. The van der Waals surface area contributed by atoms with Crippen molar-refractivity contribution in [2.75, 3.05) is 24.5 Å². The number of piperidine rings is 1. The maximum Gasteiger partial charge on any atom is 0.334 e. The predicted molar refractivity (Wildman–Crippen MR) is 82.6 cm³/mol. The van der Waals surface area contributed by atoms with Gasteiger partial charge in [-0.05, 0) is 31.7 Å². The van der Waals surface area contributed by atoms with Crippen LogP contribution in [0, 0.1) is 16.0 Å². The Morgan fingerprint density at radius 1 is 1.43 bits per heavy atom. The number of nitro groups is 1. The van der Waals surface area contributed by atoms with E-state index in [1.54, 1.807) is 11.7 Å². The van der Waals surface area contributed by atoms with Gasteiger partial charge >= 0.3 is 5.69 Å². The second-order valence-electron chi connectivity index (χ2n) is 6.10. The van der Waals surface area contributed by atoms with Gasteiger partial charge in [0.25, 0.3) is 0 Å². The third kappa shape index (κ3) is 3.18. The smallest absolute Gasteiger partial charge is 0.334 e. The highest BCUT2D eigenvalue weighted by Crippen LogP contribution is 2.37. The second-order valence-corrected chi connectivity index (χ2v) is 6.10. The highest BCUT2D eigenvalue weighted by molar-refractivity contribution is 5.62. The van der Waals surface area contributed by atoms with Crippen molar-refractivity contribution in [3.8, 4) is 0 Å². The van der Waals surface area contributed by atoms with Gasteiger partial charge in [0.2, 0.25) is 5.82 Å². The molecule has 1 saturated heterocycles. The first-order chi connectivity index (χ1) is 9.95. The van der Waals surface area contributed by atoms with Crippen molar-refractivity contribution in [2.24, 2.45) is 18.7 Å². The number of nitrogens with two attached hydrogens (primary N) is 1. The van der Waals surface area contributed by atoms with E-state index in [0.29, 0.717) is 24.0 Å². The molecule has 0 saturated carbocycles. The van der Waals surface area contributed by atoms with Gasteiger partial charge in [-0.25, -0.2) is 4.68 Å². The maximum absolute atomic E-state index is 11.5. The fourth-order valence-electron chi connectivity index (χ4n) is 3.11. The normalized spacial score (nSPS) is 16.7. The Bertz CT molecular complexity index is 504. The average molecular weight is 295 g/mol. The molecule has 0 atom stereocenters. The van der Waals surface area contributed by atoms with Gasteiger partial charge in [0, 0.05) is 26.1 Å². The summed E-state index contributed by atoms with van der Waals surface area (Å²) in [5.74, 6) is 1.33. The van der Waals surface area contributed by atoms with Crippen LogP contribution in [0.2, 0.25) is 0 Å². The minimum atomic E-state index is -0.288. The zero-order valence-electron chi connectivity index (χ0n) is 13.1. The largest absolute Gasteiger partial charge is 0.351 e. The molecule has 0 spiro atoms. The first-order valence-corrected chi connectivity index (χ1v) is 7.62. The topological polar surface area (TPSA) is 90.2 Å². The highest BCUT2D eigenvalue weighted by atomic mass is 16.6. The van der Waals surface area contributed by atoms with E-state index in [-0.39, 0.29) is 16.5 Å². The van der Waals surface area contributed by atoms with Crippen LogP contribution in [-0.2, 0) is 7.05 Å². The molecular formula is C14H25N5O2. The molecule has 0 aliphatic carbocycles. The zero-order valence-corrected chi connectivity index (χ0v) is 13.1. The lowest BCUT2D eigenvalue weighted by molar-refractivity contribution is -0.385. The van der Waals surface area contributed by atoms with Gasteiger partial charge in [-0.15, -0.1) is 0 Å². The van der Waals surface area contributed by atoms with Crippen LogP contribution >= 0.6 is 0 Å². The summed E-state index contributed by atoms with van der Waals surface area (Å²) in [6.45, 7) is 6.26. The molecule has 7 nitrogen and oxygen atoms in total. The van der Waals surface area contributed by atoms with Crippen molar-refractivity contribution in [1.29, 1.82) is 0 Å². The molecule has 1 aliphatic rings. The van der Waals surface area contributed by atoms with Crippen molar-refractivity contribution in [3.05, 3.63) is 15.8 Å². The van der Waals surface area contributed by atoms with Crippen molar-refractivity contribution < 1.29 is 4.92 Å². The Kier molecular flexibility index (Phi) is 4.82. The number of nitrogens with zero attached hydrogens (tertiary/aromatic N) is 4. The Morgan fingerprint density at radius 2 is 2.05 bits per heavy atom. The van der Waals surface area contributed by atoms with Crippen LogP contribution in [0.25, 0.3) is 0 Å². The molecule has 2 N–H and O–H groups in total. The molecule has 0 amide bonds. The first-order valence-electron chi connectivity index (χ1n) is 7.62. The fourth-order valence-corrected chi connectivity index (χ4v) is 3.11. The Labute approximate surface area is 125 Å². The van der Waals surface area contributed by atoms with E-state index in [9.17, 15) is 10.1 Å². The third-order valence-electron chi connectivity index (χ3n) is 4.24. The quantitative estimate of drug-likeness (QED) is 0.663. The number of hydrogen-bond donors (Lipinski definition) is 1. The van der Waals surface area contributed by atoms with Gasteiger partial charge in [-0.3, -0.25) is 10.1 Å². The van der Waals surface area contributed by atoms with Crippen LogP contribution < -0.4 is 10.6 Å². The monoisotopic (exact) mass is 295 g/mol. The van der Waals surface area contributed by atoms with Crippen LogP contribution in [0.4, 0.5) is 11.5 Å². The number of anilines is 1. The zero-order chi connectivity index (χ0) is 15.6. The van der Waals surface area contributed by atoms with Crippen LogP contribution in [0.3, 0.4) is 0 Å². The molecule has 0 unspecified atom stereocenters. The van der Waals surface area contributed by atoms with E-state index in [1.165, 1.54) is 0 Å². The van der Waals surface area contributed by atoms with E-state index in [2.05, 4.69) is 10.00 Å². The van der Waals surface area contributed by atoms with Gasteiger partial charge < -0.3 is 10.6 Å². The van der Waals surface area contributed by atoms with E-state index < -0.39 is 0 Å². The summed E-state index contributed by atoms with van der Waals surface area (Å²) >= 11 is 0. The van der Waals surface area contributed by atoms with Gasteiger partial charge in [-0.2, -0.15) is 5.10 Å². The van der Waals surface area contributed by atoms with Crippen LogP contribution in [0.15, 0.2) is 0 Å². The molecule has 1 fully saturated rings. The summed E-state index contributed by atoms with van der Waals surface area (Å²) in [7, 11) is 1.79. The van der Waals surface area contributed by atoms with Gasteiger partial charge in [-0.1, -0.05) is 13.8 Å². The number of rotatable bonds is 5. The molecule has 118 valence electrons. The molecule has 1 aromatic heterocycles. The van der Waals surface area contributed by atoms with Crippen molar-refractivity contribution in [1.82, 2.24) is 9.78 Å². The Morgan fingerprint density at radius 3 is 2.52 bits per heavy atom. The number of aromatic nitrogens is 2. The molecule has 1 aliphatic heterocycles. The van der Waals surface area contributed by atoms with Crippen molar-refractivity contribution in [2.45, 2.75) is 39.0 Å². The molecule has 7 heteroatoms. The van der Waals surface area contributed by atoms with Crippen molar-refractivity contribution in [3.63, 3.8) is 0 Å². The third-order valence-corrected chi connectivity index (χ3v) is 4.24. The van der Waals surface area contributed by atoms with Crippen LogP contribution in [0.5, 0.6) is 0 Å². The molecule has 0 bridgehead atoms. The maximum atomic E-state index is 11.5. The summed E-state index contributed by atoms with van der Waals surface area (Å²) in [6.07, 6.45) is 3.12. The molecule has 21 heavy (non-hydrogen) atoms.